The Kier molecular flexibility index (Phi) is 4.82. The minimum Gasteiger partial charge on any atom is -0.491 e. The van der Waals surface area contributed by atoms with Gasteiger partial charge in [-0.15, -0.1) is 0 Å². The molecule has 0 spiro atoms. The number of hydrogen-bond donors (Lipinski definition) is 1. The molecule has 102 valence electrons. The smallest absolute Gasteiger partial charge is 0.285 e. The van der Waals surface area contributed by atoms with Crippen molar-refractivity contribution in [3.05, 3.63) is 27.8 Å². The maximum absolute atomic E-state index is 11.2. The average molecular weight is 287 g/mol. The molecule has 1 aromatic rings. The number of anilines is 1. The minimum atomic E-state index is -0.985. The van der Waals surface area contributed by atoms with Crippen molar-refractivity contribution >= 4 is 34.1 Å². The van der Waals surface area contributed by atoms with Crippen LogP contribution in [0.15, 0.2) is 12.1 Å². The van der Waals surface area contributed by atoms with Gasteiger partial charge < -0.3 is 10.1 Å². The molecule has 1 amide bonds. The topological polar surface area (TPSA) is 98.5 Å². The summed E-state index contributed by atoms with van der Waals surface area (Å²) in [5, 5.41) is 12.3. The van der Waals surface area contributed by atoms with Crippen molar-refractivity contribution in [2.24, 2.45) is 0 Å². The van der Waals surface area contributed by atoms with Gasteiger partial charge in [0.25, 0.3) is 10.9 Å². The van der Waals surface area contributed by atoms with E-state index in [9.17, 15) is 19.7 Å². The van der Waals surface area contributed by atoms with Crippen LogP contribution in [0, 0.1) is 10.1 Å². The molecule has 0 radical (unpaired) electrons. The highest BCUT2D eigenvalue weighted by molar-refractivity contribution is 6.68. The van der Waals surface area contributed by atoms with Gasteiger partial charge in [0.2, 0.25) is 5.91 Å². The van der Waals surface area contributed by atoms with Crippen LogP contribution in [0.25, 0.3) is 0 Å². The maximum atomic E-state index is 11.2. The molecule has 19 heavy (non-hydrogen) atoms. The fourth-order valence-electron chi connectivity index (χ4n) is 1.44. The van der Waals surface area contributed by atoms with Gasteiger partial charge in [-0.25, -0.2) is 0 Å². The monoisotopic (exact) mass is 286 g/mol. The lowest BCUT2D eigenvalue weighted by Gasteiger charge is -2.11. The van der Waals surface area contributed by atoms with Crippen molar-refractivity contribution in [1.82, 2.24) is 0 Å². The third-order valence-electron chi connectivity index (χ3n) is 2.12. The van der Waals surface area contributed by atoms with Crippen LogP contribution < -0.4 is 10.1 Å². The first-order chi connectivity index (χ1) is 8.86. The Morgan fingerprint density at radius 3 is 2.53 bits per heavy atom. The van der Waals surface area contributed by atoms with E-state index in [1.807, 2.05) is 0 Å². The van der Waals surface area contributed by atoms with Gasteiger partial charge >= 0.3 is 0 Å². The molecule has 0 saturated carbocycles. The van der Waals surface area contributed by atoms with Gasteiger partial charge in [-0.1, -0.05) is 0 Å². The summed E-state index contributed by atoms with van der Waals surface area (Å²) < 4.78 is 5.19. The normalized spacial score (nSPS) is 9.84. The molecule has 1 rings (SSSR count). The number of ether oxygens (including phenoxy) is 1. The van der Waals surface area contributed by atoms with Crippen molar-refractivity contribution in [2.45, 2.75) is 13.8 Å². The zero-order chi connectivity index (χ0) is 14.6. The summed E-state index contributed by atoms with van der Waals surface area (Å²) in [6.07, 6.45) is 0. The minimum absolute atomic E-state index is 0.103. The Bertz CT molecular complexity index is 544. The van der Waals surface area contributed by atoms with E-state index in [4.69, 9.17) is 16.3 Å². The number of hydrogen-bond acceptors (Lipinski definition) is 5. The molecular formula is C11H11ClN2O5. The van der Waals surface area contributed by atoms with Gasteiger partial charge in [-0.2, -0.15) is 0 Å². The largest absolute Gasteiger partial charge is 0.491 e. The molecule has 1 aromatic carbocycles. The molecule has 0 saturated heterocycles. The molecule has 0 heterocycles. The standard InChI is InChI=1S/C11H11ClN2O5/c1-3-19-10-5-9(14(17)18)7(11(12)16)4-8(10)13-6(2)15/h4-5H,3H2,1-2H3,(H,13,15). The van der Waals surface area contributed by atoms with Gasteiger partial charge in [0.15, 0.2) is 0 Å². The predicted molar refractivity (Wildman–Crippen MR) is 68.8 cm³/mol. The highest BCUT2D eigenvalue weighted by atomic mass is 35.5. The summed E-state index contributed by atoms with van der Waals surface area (Å²) in [7, 11) is 0. The number of carbonyl (C=O) groups is 2. The zero-order valence-corrected chi connectivity index (χ0v) is 11.0. The average Bonchev–Trinajstić information content (AvgIpc) is 2.29. The van der Waals surface area contributed by atoms with E-state index >= 15 is 0 Å². The van der Waals surface area contributed by atoms with E-state index in [-0.39, 0.29) is 23.6 Å². The van der Waals surface area contributed by atoms with Crippen LogP contribution in [-0.4, -0.2) is 22.7 Å². The number of benzene rings is 1. The van der Waals surface area contributed by atoms with Crippen LogP contribution in [0.1, 0.15) is 24.2 Å². The number of nitro groups is 1. The van der Waals surface area contributed by atoms with Crippen molar-refractivity contribution in [3.63, 3.8) is 0 Å². The van der Waals surface area contributed by atoms with E-state index in [1.54, 1.807) is 6.92 Å². The molecule has 0 aromatic heterocycles. The summed E-state index contributed by atoms with van der Waals surface area (Å²) in [6, 6.07) is 2.18. The van der Waals surface area contributed by atoms with E-state index in [0.717, 1.165) is 12.1 Å². The summed E-state index contributed by atoms with van der Waals surface area (Å²) >= 11 is 5.29. The van der Waals surface area contributed by atoms with Crippen molar-refractivity contribution in [1.29, 1.82) is 0 Å². The number of halogens is 1. The number of carbonyl (C=O) groups excluding carboxylic acids is 2. The van der Waals surface area contributed by atoms with E-state index in [2.05, 4.69) is 5.32 Å². The van der Waals surface area contributed by atoms with E-state index < -0.39 is 21.8 Å². The number of nitro benzene ring substituents is 1. The molecule has 0 aliphatic rings. The highest BCUT2D eigenvalue weighted by Crippen LogP contribution is 2.33. The molecular weight excluding hydrogens is 276 g/mol. The lowest BCUT2D eigenvalue weighted by molar-refractivity contribution is -0.385. The molecule has 0 aliphatic heterocycles. The molecule has 8 heteroatoms. The number of nitrogens with zero attached hydrogens (tertiary/aromatic N) is 1. The molecule has 0 unspecified atom stereocenters. The SMILES string of the molecule is CCOc1cc([N+](=O)[O-])c(C(=O)Cl)cc1NC(C)=O. The van der Waals surface area contributed by atoms with Gasteiger partial charge in [-0.05, 0) is 24.6 Å². The van der Waals surface area contributed by atoms with Crippen LogP contribution >= 0.6 is 11.6 Å². The Balaban J connectivity index is 3.44. The Morgan fingerprint density at radius 1 is 1.47 bits per heavy atom. The van der Waals surface area contributed by atoms with Crippen LogP contribution in [0.3, 0.4) is 0 Å². The third kappa shape index (κ3) is 3.65. The molecule has 0 fully saturated rings. The maximum Gasteiger partial charge on any atom is 0.285 e. The van der Waals surface area contributed by atoms with Gasteiger partial charge in [-0.3, -0.25) is 19.7 Å². The lowest BCUT2D eigenvalue weighted by atomic mass is 10.1. The van der Waals surface area contributed by atoms with E-state index in [1.165, 1.54) is 6.92 Å². The van der Waals surface area contributed by atoms with Crippen LogP contribution in [0.2, 0.25) is 0 Å². The fourth-order valence-corrected chi connectivity index (χ4v) is 1.59. The first-order valence-electron chi connectivity index (χ1n) is 5.29. The van der Waals surface area contributed by atoms with Gasteiger partial charge in [0.05, 0.1) is 23.3 Å². The second-order valence-electron chi connectivity index (χ2n) is 3.51. The quantitative estimate of drug-likeness (QED) is 0.509. The lowest BCUT2D eigenvalue weighted by Crippen LogP contribution is -2.10. The third-order valence-corrected chi connectivity index (χ3v) is 2.32. The first-order valence-corrected chi connectivity index (χ1v) is 5.67. The highest BCUT2D eigenvalue weighted by Gasteiger charge is 2.23. The van der Waals surface area contributed by atoms with Gasteiger partial charge in [0.1, 0.15) is 11.3 Å². The van der Waals surface area contributed by atoms with Crippen LogP contribution in [0.4, 0.5) is 11.4 Å². The molecule has 0 atom stereocenters. The zero-order valence-electron chi connectivity index (χ0n) is 10.2. The number of rotatable bonds is 5. The van der Waals surface area contributed by atoms with E-state index in [0.29, 0.717) is 0 Å². The number of amides is 1. The van der Waals surface area contributed by atoms with Gasteiger partial charge in [0, 0.05) is 6.92 Å². The first kappa shape index (κ1) is 14.9. The Hall–Kier alpha value is -2.15. The number of nitrogens with one attached hydrogen (secondary N) is 1. The summed E-state index contributed by atoms with van der Waals surface area (Å²) in [4.78, 5) is 32.4. The fraction of sp³-hybridized carbons (Fsp3) is 0.273. The second-order valence-corrected chi connectivity index (χ2v) is 3.85. The van der Waals surface area contributed by atoms with Crippen LogP contribution in [-0.2, 0) is 4.79 Å². The van der Waals surface area contributed by atoms with Crippen LogP contribution in [0.5, 0.6) is 5.75 Å². The summed E-state index contributed by atoms with van der Waals surface area (Å²) in [5.74, 6) is -0.297. The second kappa shape index (κ2) is 6.14. The van der Waals surface area contributed by atoms with Crippen molar-refractivity contribution in [3.8, 4) is 5.75 Å². The Labute approximate surface area is 113 Å². The van der Waals surface area contributed by atoms with Crippen molar-refractivity contribution < 1.29 is 19.2 Å². The van der Waals surface area contributed by atoms with Crippen molar-refractivity contribution in [2.75, 3.05) is 11.9 Å². The predicted octanol–water partition coefficient (Wildman–Crippen LogP) is 2.33. The summed E-state index contributed by atoms with van der Waals surface area (Å²) in [6.45, 7) is 3.20. The molecule has 0 aliphatic carbocycles. The summed E-state index contributed by atoms with van der Waals surface area (Å²) in [5.41, 5.74) is -0.625. The molecule has 0 bridgehead atoms. The Morgan fingerprint density at radius 2 is 2.11 bits per heavy atom. The molecule has 7 nitrogen and oxygen atoms in total. The molecule has 1 N–H and O–H groups in total.